The molecular formula is C23H21N7O2S. The third kappa shape index (κ3) is 4.20. The van der Waals surface area contributed by atoms with E-state index in [9.17, 15) is 8.42 Å². The number of anilines is 3. The van der Waals surface area contributed by atoms with Crippen LogP contribution in [0.4, 0.5) is 17.5 Å². The van der Waals surface area contributed by atoms with Gasteiger partial charge in [0.05, 0.1) is 18.3 Å². The van der Waals surface area contributed by atoms with Gasteiger partial charge in [-0.1, -0.05) is 12.1 Å². The molecule has 33 heavy (non-hydrogen) atoms. The average molecular weight is 460 g/mol. The number of benzene rings is 1. The van der Waals surface area contributed by atoms with Crippen molar-refractivity contribution < 1.29 is 8.42 Å². The summed E-state index contributed by atoms with van der Waals surface area (Å²) in [5, 5.41) is 5.15. The molecule has 0 saturated carbocycles. The third-order valence-electron chi connectivity index (χ3n) is 5.37. The van der Waals surface area contributed by atoms with Crippen LogP contribution in [0.5, 0.6) is 0 Å². The van der Waals surface area contributed by atoms with Gasteiger partial charge in [-0.2, -0.15) is 4.98 Å². The number of rotatable bonds is 6. The van der Waals surface area contributed by atoms with Gasteiger partial charge >= 0.3 is 0 Å². The zero-order valence-electron chi connectivity index (χ0n) is 18.0. The first kappa shape index (κ1) is 20.8. The van der Waals surface area contributed by atoms with Crippen molar-refractivity contribution in [2.24, 2.45) is 0 Å². The Balaban J connectivity index is 1.47. The molecule has 1 aromatic carbocycles. The van der Waals surface area contributed by atoms with Crippen LogP contribution in [0.2, 0.25) is 0 Å². The molecule has 0 aliphatic heterocycles. The molecule has 9 nitrogen and oxygen atoms in total. The molecular weight excluding hydrogens is 438 g/mol. The van der Waals surface area contributed by atoms with E-state index in [0.717, 1.165) is 39.4 Å². The molecule has 0 unspecified atom stereocenters. The van der Waals surface area contributed by atoms with Gasteiger partial charge in [-0.05, 0) is 36.4 Å². The van der Waals surface area contributed by atoms with Crippen LogP contribution < -0.4 is 9.62 Å². The Kier molecular flexibility index (Phi) is 5.14. The smallest absolute Gasteiger partial charge is 0.233 e. The van der Waals surface area contributed by atoms with E-state index in [1.165, 1.54) is 11.4 Å². The molecule has 10 heteroatoms. The number of sulfonamides is 1. The van der Waals surface area contributed by atoms with Crippen LogP contribution in [0.1, 0.15) is 5.56 Å². The Bertz CT molecular complexity index is 1580. The Morgan fingerprint density at radius 3 is 2.67 bits per heavy atom. The largest absolute Gasteiger partial charge is 0.328 e. The van der Waals surface area contributed by atoms with E-state index >= 15 is 0 Å². The van der Waals surface area contributed by atoms with E-state index in [0.29, 0.717) is 18.3 Å². The van der Waals surface area contributed by atoms with Gasteiger partial charge in [-0.15, -0.1) is 0 Å². The minimum absolute atomic E-state index is 0.388. The van der Waals surface area contributed by atoms with Crippen molar-refractivity contribution in [2.75, 3.05) is 22.9 Å². The lowest BCUT2D eigenvalue weighted by atomic mass is 10.2. The Hall–Kier alpha value is -4.05. The van der Waals surface area contributed by atoms with Crippen LogP contribution >= 0.6 is 0 Å². The lowest BCUT2D eigenvalue weighted by Crippen LogP contribution is -2.27. The van der Waals surface area contributed by atoms with Gasteiger partial charge in [0.2, 0.25) is 16.0 Å². The Labute approximate surface area is 190 Å². The predicted octanol–water partition coefficient (Wildman–Crippen LogP) is 3.56. The summed E-state index contributed by atoms with van der Waals surface area (Å²) < 4.78 is 27.2. The van der Waals surface area contributed by atoms with Crippen molar-refractivity contribution in [1.29, 1.82) is 0 Å². The van der Waals surface area contributed by atoms with E-state index < -0.39 is 10.0 Å². The van der Waals surface area contributed by atoms with E-state index in [4.69, 9.17) is 4.98 Å². The zero-order chi connectivity index (χ0) is 23.0. The van der Waals surface area contributed by atoms with Gasteiger partial charge < -0.3 is 9.88 Å². The molecule has 4 heterocycles. The number of aromatic nitrogens is 5. The van der Waals surface area contributed by atoms with Gasteiger partial charge in [-0.3, -0.25) is 9.29 Å². The van der Waals surface area contributed by atoms with Crippen LogP contribution in [-0.2, 0) is 16.6 Å². The van der Waals surface area contributed by atoms with Crippen LogP contribution in [0.15, 0.2) is 73.3 Å². The molecule has 166 valence electrons. The van der Waals surface area contributed by atoms with Gasteiger partial charge in [0.25, 0.3) is 0 Å². The number of hydrogen-bond donors (Lipinski definition) is 1. The summed E-state index contributed by atoms with van der Waals surface area (Å²) in [7, 11) is -1.94. The molecule has 0 amide bonds. The first-order valence-electron chi connectivity index (χ1n) is 10.2. The number of hydrogen-bond acceptors (Lipinski definition) is 7. The van der Waals surface area contributed by atoms with Crippen LogP contribution in [0, 0.1) is 0 Å². The maximum atomic E-state index is 12.0. The molecule has 0 fully saturated rings. The van der Waals surface area contributed by atoms with E-state index in [-0.39, 0.29) is 0 Å². The predicted molar refractivity (Wildman–Crippen MR) is 129 cm³/mol. The number of nitrogens with one attached hydrogen (secondary N) is 1. The summed E-state index contributed by atoms with van der Waals surface area (Å²) in [5.74, 6) is 0.851. The highest BCUT2D eigenvalue weighted by molar-refractivity contribution is 7.92. The van der Waals surface area contributed by atoms with Crippen LogP contribution in [0.25, 0.3) is 21.9 Å². The lowest BCUT2D eigenvalue weighted by Gasteiger charge is -2.19. The molecule has 5 rings (SSSR count). The van der Waals surface area contributed by atoms with Gasteiger partial charge in [-0.25, -0.2) is 18.4 Å². The summed E-state index contributed by atoms with van der Waals surface area (Å²) in [6.45, 7) is 0.407. The lowest BCUT2D eigenvalue weighted by molar-refractivity contribution is 0.599. The first-order valence-corrected chi connectivity index (χ1v) is 12.0. The van der Waals surface area contributed by atoms with Crippen molar-refractivity contribution in [1.82, 2.24) is 24.5 Å². The standard InChI is InChI=1S/C23H21N7O2S/c1-29(33(2,31)32)21-18(6-4-11-25-21)15-30-12-9-17-14-26-23(28-22(17)30)27-19-7-8-20-16(13-19)5-3-10-24-20/h3-14H,15H2,1-2H3,(H,26,27,28). The number of pyridine rings is 2. The van der Waals surface area contributed by atoms with Gasteiger partial charge in [0.1, 0.15) is 11.5 Å². The highest BCUT2D eigenvalue weighted by Gasteiger charge is 2.18. The van der Waals surface area contributed by atoms with Crippen LogP contribution in [-0.4, -0.2) is 46.2 Å². The molecule has 5 aromatic rings. The highest BCUT2D eigenvalue weighted by atomic mass is 32.2. The molecule has 0 radical (unpaired) electrons. The maximum Gasteiger partial charge on any atom is 0.233 e. The maximum absolute atomic E-state index is 12.0. The second kappa shape index (κ2) is 8.14. The Morgan fingerprint density at radius 2 is 1.82 bits per heavy atom. The summed E-state index contributed by atoms with van der Waals surface area (Å²) in [6.07, 6.45) is 8.17. The minimum Gasteiger partial charge on any atom is -0.328 e. The second-order valence-corrected chi connectivity index (χ2v) is 9.68. The molecule has 1 N–H and O–H groups in total. The van der Waals surface area contributed by atoms with Gasteiger partial charge in [0.15, 0.2) is 0 Å². The summed E-state index contributed by atoms with van der Waals surface area (Å²) in [5.41, 5.74) is 3.27. The van der Waals surface area contributed by atoms with Crippen molar-refractivity contribution in [3.63, 3.8) is 0 Å². The van der Waals surface area contributed by atoms with Crippen molar-refractivity contribution in [2.45, 2.75) is 6.54 Å². The Morgan fingerprint density at radius 1 is 1.00 bits per heavy atom. The fourth-order valence-electron chi connectivity index (χ4n) is 3.62. The topological polar surface area (TPSA) is 106 Å². The minimum atomic E-state index is -3.44. The molecule has 0 atom stereocenters. The summed E-state index contributed by atoms with van der Waals surface area (Å²) in [4.78, 5) is 17.8. The molecule has 0 aliphatic carbocycles. The monoisotopic (exact) mass is 459 g/mol. The SMILES string of the molecule is CN(c1ncccc1Cn1ccc2cnc(Nc3ccc4ncccc4c3)nc21)S(C)(=O)=O. The molecule has 0 aliphatic rings. The highest BCUT2D eigenvalue weighted by Crippen LogP contribution is 2.24. The third-order valence-corrected chi connectivity index (χ3v) is 6.53. The molecule has 0 bridgehead atoms. The summed E-state index contributed by atoms with van der Waals surface area (Å²) >= 11 is 0. The second-order valence-electron chi connectivity index (χ2n) is 7.67. The van der Waals surface area contributed by atoms with E-state index in [1.54, 1.807) is 24.7 Å². The fraction of sp³-hybridized carbons (Fsp3) is 0.130. The van der Waals surface area contributed by atoms with Gasteiger partial charge in [0, 0.05) is 53.9 Å². The summed E-state index contributed by atoms with van der Waals surface area (Å²) in [6, 6.07) is 15.4. The quantitative estimate of drug-likeness (QED) is 0.414. The van der Waals surface area contributed by atoms with E-state index in [1.807, 2.05) is 53.2 Å². The molecule has 4 aromatic heterocycles. The fourth-order valence-corrected chi connectivity index (χ4v) is 4.10. The normalized spacial score (nSPS) is 11.7. The number of nitrogens with zero attached hydrogens (tertiary/aromatic N) is 6. The van der Waals surface area contributed by atoms with Crippen molar-refractivity contribution >= 4 is 49.4 Å². The van der Waals surface area contributed by atoms with E-state index in [2.05, 4.69) is 20.3 Å². The molecule has 0 spiro atoms. The van der Waals surface area contributed by atoms with Crippen LogP contribution in [0.3, 0.4) is 0 Å². The molecule has 0 saturated heterocycles. The average Bonchev–Trinajstić information content (AvgIpc) is 3.20. The first-order chi connectivity index (χ1) is 15.9. The number of fused-ring (bicyclic) bond motifs is 2. The van der Waals surface area contributed by atoms with Crippen molar-refractivity contribution in [3.05, 3.63) is 78.9 Å². The van der Waals surface area contributed by atoms with Crippen molar-refractivity contribution in [3.8, 4) is 0 Å². The zero-order valence-corrected chi connectivity index (χ0v) is 18.9.